The molecule has 8 heteroatoms. The fourth-order valence-corrected chi connectivity index (χ4v) is 3.34. The van der Waals surface area contributed by atoms with Gasteiger partial charge in [-0.25, -0.2) is 17.8 Å². The number of halogens is 1. The zero-order chi connectivity index (χ0) is 18.7. The summed E-state index contributed by atoms with van der Waals surface area (Å²) >= 11 is 0. The molecule has 1 N–H and O–H groups in total. The highest BCUT2D eigenvalue weighted by atomic mass is 32.2. The number of amides is 1. The molecule has 6 nitrogen and oxygen atoms in total. The summed E-state index contributed by atoms with van der Waals surface area (Å²) in [6, 6.07) is 13.0. The molecule has 0 aliphatic rings. The Morgan fingerprint density at radius 2 is 1.85 bits per heavy atom. The van der Waals surface area contributed by atoms with E-state index in [-0.39, 0.29) is 30.6 Å². The summed E-state index contributed by atoms with van der Waals surface area (Å²) in [6.07, 6.45) is 1.13. The van der Waals surface area contributed by atoms with Crippen molar-refractivity contribution < 1.29 is 17.6 Å². The van der Waals surface area contributed by atoms with Crippen molar-refractivity contribution in [3.63, 3.8) is 0 Å². The van der Waals surface area contributed by atoms with Gasteiger partial charge in [0.05, 0.1) is 11.0 Å². The van der Waals surface area contributed by atoms with Gasteiger partial charge in [-0.2, -0.15) is 0 Å². The van der Waals surface area contributed by atoms with E-state index < -0.39 is 9.84 Å². The Morgan fingerprint density at radius 1 is 1.15 bits per heavy atom. The number of carbonyl (C=O) groups is 1. The largest absolute Gasteiger partial charge is 0.350 e. The molecule has 1 aromatic heterocycles. The normalized spacial score (nSPS) is 11.6. The summed E-state index contributed by atoms with van der Waals surface area (Å²) in [7, 11) is -3.29. The molecule has 0 saturated carbocycles. The standard InChI is InChI=1S/C18H18FN3O3S/c1-26(24,25)12-17-21-15-4-2-3-5-16(15)22(17)11-18(23)20-10-13-6-8-14(19)9-7-13/h2-9H,10-12H2,1H3,(H,20,23). The van der Waals surface area contributed by atoms with Crippen molar-refractivity contribution in [1.82, 2.24) is 14.9 Å². The summed E-state index contributed by atoms with van der Waals surface area (Å²) in [6.45, 7) is 0.208. The number of nitrogens with zero attached hydrogens (tertiary/aromatic N) is 2. The van der Waals surface area contributed by atoms with Gasteiger partial charge in [-0.15, -0.1) is 0 Å². The molecule has 26 heavy (non-hydrogen) atoms. The number of hydrogen-bond acceptors (Lipinski definition) is 4. The van der Waals surface area contributed by atoms with E-state index in [1.54, 1.807) is 41.0 Å². The van der Waals surface area contributed by atoms with Crippen LogP contribution in [-0.2, 0) is 33.5 Å². The number of para-hydroxylation sites is 2. The van der Waals surface area contributed by atoms with Crippen LogP contribution in [0.4, 0.5) is 4.39 Å². The van der Waals surface area contributed by atoms with Crippen LogP contribution < -0.4 is 5.32 Å². The van der Waals surface area contributed by atoms with Gasteiger partial charge >= 0.3 is 0 Å². The average molecular weight is 375 g/mol. The van der Waals surface area contributed by atoms with Crippen LogP contribution in [0.2, 0.25) is 0 Å². The van der Waals surface area contributed by atoms with Crippen molar-refractivity contribution in [1.29, 1.82) is 0 Å². The summed E-state index contributed by atoms with van der Waals surface area (Å²) in [5.41, 5.74) is 2.10. The summed E-state index contributed by atoms with van der Waals surface area (Å²) in [5.74, 6) is -0.541. The lowest BCUT2D eigenvalue weighted by molar-refractivity contribution is -0.121. The lowest BCUT2D eigenvalue weighted by Crippen LogP contribution is -2.28. The molecule has 1 amide bonds. The minimum atomic E-state index is -3.29. The highest BCUT2D eigenvalue weighted by molar-refractivity contribution is 7.89. The zero-order valence-corrected chi connectivity index (χ0v) is 15.0. The first-order valence-corrected chi connectivity index (χ1v) is 10.0. The minimum absolute atomic E-state index is 0.0490. The van der Waals surface area contributed by atoms with Crippen LogP contribution in [0.1, 0.15) is 11.4 Å². The predicted molar refractivity (Wildman–Crippen MR) is 96.5 cm³/mol. The fourth-order valence-electron chi connectivity index (χ4n) is 2.65. The highest BCUT2D eigenvalue weighted by Gasteiger charge is 2.17. The molecule has 0 saturated heterocycles. The van der Waals surface area contributed by atoms with E-state index >= 15 is 0 Å². The topological polar surface area (TPSA) is 81.1 Å². The second kappa shape index (κ2) is 7.25. The van der Waals surface area contributed by atoms with E-state index in [2.05, 4.69) is 10.3 Å². The van der Waals surface area contributed by atoms with Crippen LogP contribution in [0.25, 0.3) is 11.0 Å². The molecule has 2 aromatic carbocycles. The van der Waals surface area contributed by atoms with Gasteiger partial charge in [0.15, 0.2) is 9.84 Å². The number of aromatic nitrogens is 2. The number of imidazole rings is 1. The molecular weight excluding hydrogens is 357 g/mol. The van der Waals surface area contributed by atoms with E-state index in [0.717, 1.165) is 11.8 Å². The van der Waals surface area contributed by atoms with Gasteiger partial charge in [0, 0.05) is 12.8 Å². The quantitative estimate of drug-likeness (QED) is 0.715. The number of fused-ring (bicyclic) bond motifs is 1. The molecule has 0 aliphatic carbocycles. The number of hydrogen-bond donors (Lipinski definition) is 1. The van der Waals surface area contributed by atoms with Crippen LogP contribution in [0.5, 0.6) is 0 Å². The highest BCUT2D eigenvalue weighted by Crippen LogP contribution is 2.17. The number of benzene rings is 2. The Kier molecular flexibility index (Phi) is 5.03. The number of carbonyl (C=O) groups excluding carboxylic acids is 1. The second-order valence-electron chi connectivity index (χ2n) is 6.08. The Morgan fingerprint density at radius 3 is 2.54 bits per heavy atom. The van der Waals surface area contributed by atoms with Crippen LogP contribution in [0.3, 0.4) is 0 Å². The third-order valence-electron chi connectivity index (χ3n) is 3.83. The molecule has 0 bridgehead atoms. The Labute approximate surface area is 150 Å². The molecule has 136 valence electrons. The van der Waals surface area contributed by atoms with Crippen LogP contribution in [0, 0.1) is 5.82 Å². The summed E-state index contributed by atoms with van der Waals surface area (Å²) < 4.78 is 37.9. The summed E-state index contributed by atoms with van der Waals surface area (Å²) in [4.78, 5) is 16.7. The van der Waals surface area contributed by atoms with Gasteiger partial charge in [-0.05, 0) is 29.8 Å². The summed E-state index contributed by atoms with van der Waals surface area (Å²) in [5, 5.41) is 2.75. The molecule has 3 aromatic rings. The molecule has 0 atom stereocenters. The minimum Gasteiger partial charge on any atom is -0.350 e. The van der Waals surface area contributed by atoms with Crippen LogP contribution in [-0.4, -0.2) is 30.1 Å². The van der Waals surface area contributed by atoms with Gasteiger partial charge < -0.3 is 9.88 Å². The van der Waals surface area contributed by atoms with Crippen molar-refractivity contribution in [2.75, 3.05) is 6.26 Å². The maximum Gasteiger partial charge on any atom is 0.240 e. The molecule has 1 heterocycles. The maximum atomic E-state index is 12.9. The van der Waals surface area contributed by atoms with Gasteiger partial charge in [0.1, 0.15) is 23.9 Å². The fraction of sp³-hybridized carbons (Fsp3) is 0.222. The van der Waals surface area contributed by atoms with Gasteiger partial charge in [-0.1, -0.05) is 24.3 Å². The number of sulfone groups is 1. The monoisotopic (exact) mass is 375 g/mol. The Hall–Kier alpha value is -2.74. The van der Waals surface area contributed by atoms with Gasteiger partial charge in [0.25, 0.3) is 0 Å². The first-order valence-electron chi connectivity index (χ1n) is 7.95. The number of rotatable bonds is 6. The van der Waals surface area contributed by atoms with Crippen LogP contribution in [0.15, 0.2) is 48.5 Å². The predicted octanol–water partition coefficient (Wildman–Crippen LogP) is 2.04. The van der Waals surface area contributed by atoms with E-state index in [1.807, 2.05) is 0 Å². The van der Waals surface area contributed by atoms with Crippen molar-refractivity contribution in [3.05, 3.63) is 65.7 Å². The molecule has 0 unspecified atom stereocenters. The Bertz CT molecular complexity index is 1040. The molecule has 0 fully saturated rings. The third-order valence-corrected chi connectivity index (χ3v) is 4.61. The maximum absolute atomic E-state index is 12.9. The molecule has 0 radical (unpaired) electrons. The first kappa shape index (κ1) is 18.1. The van der Waals surface area contributed by atoms with Crippen molar-refractivity contribution >= 4 is 26.8 Å². The number of nitrogens with one attached hydrogen (secondary N) is 1. The SMILES string of the molecule is CS(=O)(=O)Cc1nc2ccccc2n1CC(=O)NCc1ccc(F)cc1. The zero-order valence-electron chi connectivity index (χ0n) is 14.1. The first-order chi connectivity index (χ1) is 12.3. The molecular formula is C18H18FN3O3S. The lowest BCUT2D eigenvalue weighted by Gasteiger charge is -2.10. The second-order valence-corrected chi connectivity index (χ2v) is 8.22. The Balaban J connectivity index is 1.79. The van der Waals surface area contributed by atoms with E-state index in [1.165, 1.54) is 12.1 Å². The van der Waals surface area contributed by atoms with E-state index in [9.17, 15) is 17.6 Å². The van der Waals surface area contributed by atoms with Gasteiger partial charge in [-0.3, -0.25) is 4.79 Å². The molecule has 3 rings (SSSR count). The lowest BCUT2D eigenvalue weighted by atomic mass is 10.2. The van der Waals surface area contributed by atoms with E-state index in [0.29, 0.717) is 16.9 Å². The molecule has 0 aliphatic heterocycles. The smallest absolute Gasteiger partial charge is 0.240 e. The van der Waals surface area contributed by atoms with Crippen molar-refractivity contribution in [3.8, 4) is 0 Å². The van der Waals surface area contributed by atoms with Crippen molar-refractivity contribution in [2.24, 2.45) is 0 Å². The van der Waals surface area contributed by atoms with Crippen LogP contribution >= 0.6 is 0 Å². The third kappa shape index (κ3) is 4.45. The van der Waals surface area contributed by atoms with Gasteiger partial charge in [0.2, 0.25) is 5.91 Å². The molecule has 0 spiro atoms. The van der Waals surface area contributed by atoms with Crippen molar-refractivity contribution in [2.45, 2.75) is 18.8 Å². The van der Waals surface area contributed by atoms with E-state index in [4.69, 9.17) is 0 Å². The average Bonchev–Trinajstić information content (AvgIpc) is 2.90.